The van der Waals surface area contributed by atoms with Crippen LogP contribution in [0.5, 0.6) is 0 Å². The van der Waals surface area contributed by atoms with Crippen LogP contribution in [0.4, 0.5) is 10.3 Å². The van der Waals surface area contributed by atoms with Crippen LogP contribution in [-0.4, -0.2) is 27.0 Å². The second kappa shape index (κ2) is 5.30. The highest BCUT2D eigenvalue weighted by Gasteiger charge is 2.09. The molecule has 0 amide bonds. The van der Waals surface area contributed by atoms with Crippen molar-refractivity contribution >= 4 is 21.6 Å². The molecule has 0 saturated carbocycles. The Morgan fingerprint density at radius 3 is 2.75 bits per heavy atom. The zero-order chi connectivity index (χ0) is 13.9. The summed E-state index contributed by atoms with van der Waals surface area (Å²) in [5.74, 6) is 0. The van der Waals surface area contributed by atoms with Gasteiger partial charge in [0.2, 0.25) is 10.3 Å². The lowest BCUT2D eigenvalue weighted by Crippen LogP contribution is -2.15. The Balaban J connectivity index is 1.74. The summed E-state index contributed by atoms with van der Waals surface area (Å²) in [5, 5.41) is 13.5. The minimum Gasteiger partial charge on any atom is -0.374 e. The molecule has 2 aromatic heterocycles. The summed E-state index contributed by atoms with van der Waals surface area (Å²) >= 11 is 1.37. The highest BCUT2D eigenvalue weighted by Crippen LogP contribution is 2.21. The molecule has 102 valence electrons. The minimum atomic E-state index is 0.479. The molecule has 0 aliphatic rings. The summed E-state index contributed by atoms with van der Waals surface area (Å²) in [6.07, 6.45) is 3.87. The molecule has 20 heavy (non-hydrogen) atoms. The zero-order valence-corrected chi connectivity index (χ0v) is 11.8. The van der Waals surface area contributed by atoms with Crippen molar-refractivity contribution in [1.82, 2.24) is 20.0 Å². The van der Waals surface area contributed by atoms with E-state index in [1.807, 2.05) is 59.4 Å². The van der Waals surface area contributed by atoms with Crippen LogP contribution in [0.2, 0.25) is 0 Å². The molecule has 0 unspecified atom stereocenters. The Morgan fingerprint density at radius 1 is 1.25 bits per heavy atom. The van der Waals surface area contributed by atoms with Crippen molar-refractivity contribution in [3.8, 4) is 5.69 Å². The minimum absolute atomic E-state index is 0.479. The number of para-hydroxylation sites is 1. The van der Waals surface area contributed by atoms with E-state index in [1.165, 1.54) is 11.3 Å². The van der Waals surface area contributed by atoms with Crippen LogP contribution in [0.1, 0.15) is 5.56 Å². The normalized spacial score (nSPS) is 10.7. The van der Waals surface area contributed by atoms with Crippen molar-refractivity contribution in [2.45, 2.75) is 6.54 Å². The molecule has 0 bridgehead atoms. The lowest BCUT2D eigenvalue weighted by atomic mass is 10.3. The van der Waals surface area contributed by atoms with E-state index in [4.69, 9.17) is 5.73 Å². The summed E-state index contributed by atoms with van der Waals surface area (Å²) in [4.78, 5) is 2.00. The van der Waals surface area contributed by atoms with Gasteiger partial charge in [0.1, 0.15) is 0 Å². The van der Waals surface area contributed by atoms with E-state index >= 15 is 0 Å². The maximum absolute atomic E-state index is 5.59. The summed E-state index contributed by atoms with van der Waals surface area (Å²) in [6.45, 7) is 0.710. The zero-order valence-electron chi connectivity index (χ0n) is 11.0. The number of nitrogens with two attached hydrogens (primary N) is 1. The van der Waals surface area contributed by atoms with Gasteiger partial charge in [-0.3, -0.25) is 0 Å². The molecular formula is C13H14N6S. The lowest BCUT2D eigenvalue weighted by molar-refractivity contribution is 0.875. The average molecular weight is 286 g/mol. The molecule has 2 heterocycles. The van der Waals surface area contributed by atoms with Gasteiger partial charge in [0.25, 0.3) is 0 Å². The predicted octanol–water partition coefficient (Wildman–Crippen LogP) is 1.94. The van der Waals surface area contributed by atoms with Crippen molar-refractivity contribution in [3.63, 3.8) is 0 Å². The van der Waals surface area contributed by atoms with Crippen LogP contribution in [0.15, 0.2) is 42.7 Å². The van der Waals surface area contributed by atoms with E-state index in [0.29, 0.717) is 11.7 Å². The van der Waals surface area contributed by atoms with Crippen molar-refractivity contribution in [1.29, 1.82) is 0 Å². The predicted molar refractivity (Wildman–Crippen MR) is 80.0 cm³/mol. The van der Waals surface area contributed by atoms with Gasteiger partial charge < -0.3 is 10.6 Å². The first-order chi connectivity index (χ1) is 9.72. The van der Waals surface area contributed by atoms with Crippen molar-refractivity contribution in [2.75, 3.05) is 17.7 Å². The molecule has 0 saturated heterocycles. The van der Waals surface area contributed by atoms with Gasteiger partial charge in [-0.25, -0.2) is 4.68 Å². The smallest absolute Gasteiger partial charge is 0.210 e. The lowest BCUT2D eigenvalue weighted by Gasteiger charge is -2.12. The largest absolute Gasteiger partial charge is 0.374 e. The van der Waals surface area contributed by atoms with E-state index in [-0.39, 0.29) is 0 Å². The third-order valence-electron chi connectivity index (χ3n) is 2.83. The van der Waals surface area contributed by atoms with E-state index in [1.54, 1.807) is 0 Å². The third-order valence-corrected chi connectivity index (χ3v) is 3.70. The SMILES string of the molecule is CN(Cc1cnn(-c2ccccc2)c1)c1nnc(N)s1. The summed E-state index contributed by atoms with van der Waals surface area (Å²) < 4.78 is 1.86. The third kappa shape index (κ3) is 2.62. The van der Waals surface area contributed by atoms with Gasteiger partial charge in [-0.15, -0.1) is 10.2 Å². The van der Waals surface area contributed by atoms with Gasteiger partial charge in [-0.05, 0) is 12.1 Å². The van der Waals surface area contributed by atoms with Gasteiger partial charge in [-0.2, -0.15) is 5.10 Å². The van der Waals surface area contributed by atoms with E-state index in [9.17, 15) is 0 Å². The number of benzene rings is 1. The molecule has 1 aromatic carbocycles. The van der Waals surface area contributed by atoms with Crippen molar-refractivity contribution in [2.24, 2.45) is 0 Å². The quantitative estimate of drug-likeness (QED) is 0.793. The Labute approximate surface area is 120 Å². The summed E-state index contributed by atoms with van der Waals surface area (Å²) in [6, 6.07) is 10.0. The molecule has 0 radical (unpaired) electrons. The second-order valence-corrected chi connectivity index (χ2v) is 5.40. The fourth-order valence-corrected chi connectivity index (χ4v) is 2.46. The number of rotatable bonds is 4. The van der Waals surface area contributed by atoms with Crippen LogP contribution < -0.4 is 10.6 Å². The van der Waals surface area contributed by atoms with Gasteiger partial charge in [0, 0.05) is 25.4 Å². The van der Waals surface area contributed by atoms with E-state index in [2.05, 4.69) is 15.3 Å². The molecule has 2 N–H and O–H groups in total. The monoisotopic (exact) mass is 286 g/mol. The van der Waals surface area contributed by atoms with Crippen LogP contribution in [0, 0.1) is 0 Å². The van der Waals surface area contributed by atoms with E-state index < -0.39 is 0 Å². The number of anilines is 2. The van der Waals surface area contributed by atoms with Crippen LogP contribution in [-0.2, 0) is 6.54 Å². The highest BCUT2D eigenvalue weighted by atomic mass is 32.1. The molecule has 3 rings (SSSR count). The molecule has 6 nitrogen and oxygen atoms in total. The van der Waals surface area contributed by atoms with Crippen molar-refractivity contribution < 1.29 is 0 Å². The first-order valence-electron chi connectivity index (χ1n) is 6.11. The molecule has 0 atom stereocenters. The molecule has 0 aliphatic heterocycles. The van der Waals surface area contributed by atoms with Crippen LogP contribution in [0.25, 0.3) is 5.69 Å². The number of nitrogen functional groups attached to an aromatic ring is 1. The van der Waals surface area contributed by atoms with Crippen LogP contribution >= 0.6 is 11.3 Å². The molecule has 3 aromatic rings. The van der Waals surface area contributed by atoms with Gasteiger partial charge >= 0.3 is 0 Å². The van der Waals surface area contributed by atoms with Gasteiger partial charge in [0.05, 0.1) is 11.9 Å². The Bertz CT molecular complexity index is 690. The maximum atomic E-state index is 5.59. The summed E-state index contributed by atoms with van der Waals surface area (Å²) in [7, 11) is 1.96. The second-order valence-electron chi connectivity index (χ2n) is 4.41. The van der Waals surface area contributed by atoms with Crippen LogP contribution in [0.3, 0.4) is 0 Å². The van der Waals surface area contributed by atoms with Gasteiger partial charge in [0.15, 0.2) is 0 Å². The highest BCUT2D eigenvalue weighted by molar-refractivity contribution is 7.18. The molecule has 0 fully saturated rings. The Morgan fingerprint density at radius 2 is 2.05 bits per heavy atom. The number of aromatic nitrogens is 4. The molecule has 0 aliphatic carbocycles. The molecular weight excluding hydrogens is 272 g/mol. The summed E-state index contributed by atoms with van der Waals surface area (Å²) in [5.41, 5.74) is 7.74. The first kappa shape index (κ1) is 12.6. The van der Waals surface area contributed by atoms with Gasteiger partial charge in [-0.1, -0.05) is 29.5 Å². The number of nitrogens with zero attached hydrogens (tertiary/aromatic N) is 5. The first-order valence-corrected chi connectivity index (χ1v) is 6.93. The average Bonchev–Trinajstić information content (AvgIpc) is 3.09. The molecule has 7 heteroatoms. The Kier molecular flexibility index (Phi) is 3.34. The number of hydrogen-bond acceptors (Lipinski definition) is 6. The van der Waals surface area contributed by atoms with Crippen molar-refractivity contribution in [3.05, 3.63) is 48.3 Å². The topological polar surface area (TPSA) is 72.9 Å². The maximum Gasteiger partial charge on any atom is 0.210 e. The number of hydrogen-bond donors (Lipinski definition) is 1. The fraction of sp³-hybridized carbons (Fsp3) is 0.154. The molecule has 0 spiro atoms. The standard InChI is InChI=1S/C13H14N6S/c1-18(13-17-16-12(14)20-13)8-10-7-15-19(9-10)11-5-3-2-4-6-11/h2-7,9H,8H2,1H3,(H2,14,16). The Hall–Kier alpha value is -2.41. The van der Waals surface area contributed by atoms with E-state index in [0.717, 1.165) is 16.4 Å². The fourth-order valence-electron chi connectivity index (χ4n) is 1.89.